The minimum Gasteiger partial charge on any atom is -0.396 e. The van der Waals surface area contributed by atoms with Crippen LogP contribution in [0.5, 0.6) is 0 Å². The number of benzene rings is 1. The fraction of sp³-hybridized carbons (Fsp3) is 0.421. The summed E-state index contributed by atoms with van der Waals surface area (Å²) in [5.41, 5.74) is 2.51. The van der Waals surface area contributed by atoms with Gasteiger partial charge in [0.2, 0.25) is 0 Å². The summed E-state index contributed by atoms with van der Waals surface area (Å²) in [6.07, 6.45) is 0.746. The molecule has 5 nitrogen and oxygen atoms in total. The Balaban J connectivity index is 0.00000140. The highest BCUT2D eigenvalue weighted by molar-refractivity contribution is 7.16. The maximum atomic E-state index is 13.7. The maximum Gasteiger partial charge on any atom is 0.139 e. The van der Waals surface area contributed by atoms with E-state index >= 15 is 0 Å². The lowest BCUT2D eigenvalue weighted by atomic mass is 10.1. The molecule has 0 bridgehead atoms. The molecule has 9 heteroatoms. The number of nitrogens with zero attached hydrogens (tertiary/aromatic N) is 3. The molecule has 4 rings (SSSR count). The van der Waals surface area contributed by atoms with Crippen LogP contribution in [0.25, 0.3) is 0 Å². The van der Waals surface area contributed by atoms with Gasteiger partial charge >= 0.3 is 0 Å². The minimum atomic E-state index is -0.271. The molecule has 0 aliphatic carbocycles. The number of piperazine rings is 1. The molecule has 3 heterocycles. The van der Waals surface area contributed by atoms with E-state index in [-0.39, 0.29) is 37.2 Å². The number of rotatable bonds is 2. The molecule has 2 aliphatic rings. The van der Waals surface area contributed by atoms with E-state index in [0.717, 1.165) is 48.1 Å². The summed E-state index contributed by atoms with van der Waals surface area (Å²) in [4.78, 5) is 10.7. The van der Waals surface area contributed by atoms with Crippen LogP contribution in [-0.4, -0.2) is 60.1 Å². The van der Waals surface area contributed by atoms with Gasteiger partial charge in [0, 0.05) is 37.2 Å². The highest BCUT2D eigenvalue weighted by Crippen LogP contribution is 2.39. The molecule has 28 heavy (non-hydrogen) atoms. The third-order valence-electron chi connectivity index (χ3n) is 5.07. The Morgan fingerprint density at radius 1 is 1.29 bits per heavy atom. The number of amidine groups is 1. The van der Waals surface area contributed by atoms with Crippen molar-refractivity contribution in [3.63, 3.8) is 0 Å². The first-order valence-corrected chi connectivity index (χ1v) is 9.69. The largest absolute Gasteiger partial charge is 0.396 e. The van der Waals surface area contributed by atoms with E-state index in [4.69, 9.17) is 4.99 Å². The van der Waals surface area contributed by atoms with E-state index in [1.54, 1.807) is 17.4 Å². The molecule has 0 radical (unpaired) electrons. The number of nitrogens with one attached hydrogen (secondary N) is 1. The van der Waals surface area contributed by atoms with Crippen molar-refractivity contribution >= 4 is 58.4 Å². The molecule has 1 fully saturated rings. The van der Waals surface area contributed by atoms with Gasteiger partial charge in [0.15, 0.2) is 0 Å². The molecule has 1 aromatic carbocycles. The van der Waals surface area contributed by atoms with Crippen molar-refractivity contribution in [2.24, 2.45) is 4.99 Å². The predicted octanol–water partition coefficient (Wildman–Crippen LogP) is 4.17. The van der Waals surface area contributed by atoms with E-state index < -0.39 is 0 Å². The Bertz CT molecular complexity index is 860. The zero-order chi connectivity index (χ0) is 18.3. The molecular weight excluding hydrogens is 422 g/mol. The number of halogens is 3. The fourth-order valence-corrected chi connectivity index (χ4v) is 4.54. The van der Waals surface area contributed by atoms with Gasteiger partial charge in [-0.3, -0.25) is 4.90 Å². The SMILES string of the molecule is Cc1cc2c(s1)Nc1cc(F)ccc1N=C2N1CCN(C)C(CCO)C1.Cl.Cl. The molecule has 1 atom stereocenters. The molecule has 2 aromatic rings. The third kappa shape index (κ3) is 4.44. The zero-order valence-electron chi connectivity index (χ0n) is 15.8. The second-order valence-corrected chi connectivity index (χ2v) is 8.17. The van der Waals surface area contributed by atoms with Crippen molar-refractivity contribution in [1.82, 2.24) is 9.80 Å². The Labute approximate surface area is 181 Å². The number of aliphatic imine (C=N–C) groups is 1. The van der Waals surface area contributed by atoms with Gasteiger partial charge in [-0.25, -0.2) is 9.38 Å². The van der Waals surface area contributed by atoms with Crippen LogP contribution in [0.4, 0.5) is 20.8 Å². The van der Waals surface area contributed by atoms with Crippen molar-refractivity contribution in [1.29, 1.82) is 0 Å². The topological polar surface area (TPSA) is 51.1 Å². The molecule has 1 unspecified atom stereocenters. The number of hydrogen-bond acceptors (Lipinski definition) is 6. The van der Waals surface area contributed by atoms with Gasteiger partial charge in [-0.05, 0) is 44.7 Å². The number of thiophene rings is 1. The first-order valence-electron chi connectivity index (χ1n) is 8.87. The second kappa shape index (κ2) is 9.41. The van der Waals surface area contributed by atoms with Gasteiger partial charge in [-0.15, -0.1) is 36.2 Å². The lowest BCUT2D eigenvalue weighted by molar-refractivity contribution is 0.115. The highest BCUT2D eigenvalue weighted by atomic mass is 35.5. The van der Waals surface area contributed by atoms with Gasteiger partial charge in [-0.2, -0.15) is 0 Å². The summed E-state index contributed by atoms with van der Waals surface area (Å²) in [6, 6.07) is 7.11. The minimum absolute atomic E-state index is 0. The standard InChI is InChI=1S/C19H23FN4OS.2ClH/c1-12-9-15-18(24-7-6-23(2)14(11-24)5-8-25)21-16-4-3-13(20)10-17(16)22-19(15)26-12;;/h3-4,9-10,14,22,25H,5-8,11H2,1-2H3;2*1H. The van der Waals surface area contributed by atoms with Gasteiger partial charge in [0.1, 0.15) is 16.7 Å². The second-order valence-electron chi connectivity index (χ2n) is 6.91. The molecule has 0 spiro atoms. The van der Waals surface area contributed by atoms with E-state index in [2.05, 4.69) is 35.2 Å². The maximum absolute atomic E-state index is 13.7. The number of anilines is 2. The van der Waals surface area contributed by atoms with Crippen molar-refractivity contribution < 1.29 is 9.50 Å². The first-order chi connectivity index (χ1) is 12.5. The van der Waals surface area contributed by atoms with Crippen LogP contribution in [0.1, 0.15) is 16.9 Å². The third-order valence-corrected chi connectivity index (χ3v) is 6.03. The Kier molecular flexibility index (Phi) is 7.70. The van der Waals surface area contributed by atoms with Gasteiger partial charge < -0.3 is 15.3 Å². The normalized spacial score (nSPS) is 18.6. The summed E-state index contributed by atoms with van der Waals surface area (Å²) in [6.45, 7) is 4.88. The zero-order valence-corrected chi connectivity index (χ0v) is 18.3. The first kappa shape index (κ1) is 22.9. The van der Waals surface area contributed by atoms with Gasteiger partial charge in [0.05, 0.1) is 16.9 Å². The number of aliphatic hydroxyl groups is 1. The van der Waals surface area contributed by atoms with Gasteiger partial charge in [-0.1, -0.05) is 0 Å². The molecule has 2 N–H and O–H groups in total. The van der Waals surface area contributed by atoms with Crippen LogP contribution in [0, 0.1) is 12.7 Å². The van der Waals surface area contributed by atoms with Crippen LogP contribution in [0.2, 0.25) is 0 Å². The Morgan fingerprint density at radius 2 is 2.07 bits per heavy atom. The average Bonchev–Trinajstić information content (AvgIpc) is 2.90. The summed E-state index contributed by atoms with van der Waals surface area (Å²) < 4.78 is 13.7. The van der Waals surface area contributed by atoms with E-state index in [1.807, 2.05) is 0 Å². The molecular formula is C19H25Cl2FN4OS. The summed E-state index contributed by atoms with van der Waals surface area (Å²) in [7, 11) is 2.10. The van der Waals surface area contributed by atoms with Crippen LogP contribution >= 0.6 is 36.2 Å². The Hall–Kier alpha value is -1.38. The quantitative estimate of drug-likeness (QED) is 0.726. The summed E-state index contributed by atoms with van der Waals surface area (Å²) in [5, 5.41) is 13.7. The summed E-state index contributed by atoms with van der Waals surface area (Å²) >= 11 is 1.66. The molecule has 0 amide bonds. The molecule has 1 aromatic heterocycles. The van der Waals surface area contributed by atoms with Crippen molar-refractivity contribution in [2.45, 2.75) is 19.4 Å². The number of aliphatic hydroxyl groups excluding tert-OH is 1. The lowest BCUT2D eigenvalue weighted by Crippen LogP contribution is -2.53. The van der Waals surface area contributed by atoms with Crippen LogP contribution in [0.15, 0.2) is 29.3 Å². The Morgan fingerprint density at radius 3 is 2.82 bits per heavy atom. The van der Waals surface area contributed by atoms with Gasteiger partial charge in [0.25, 0.3) is 0 Å². The van der Waals surface area contributed by atoms with E-state index in [9.17, 15) is 9.50 Å². The van der Waals surface area contributed by atoms with Crippen LogP contribution in [-0.2, 0) is 0 Å². The van der Waals surface area contributed by atoms with Crippen molar-refractivity contribution in [2.75, 3.05) is 38.6 Å². The van der Waals surface area contributed by atoms with E-state index in [1.165, 1.54) is 17.0 Å². The smallest absolute Gasteiger partial charge is 0.139 e. The lowest BCUT2D eigenvalue weighted by Gasteiger charge is -2.40. The number of fused-ring (bicyclic) bond motifs is 2. The molecule has 2 aliphatic heterocycles. The van der Waals surface area contributed by atoms with Crippen molar-refractivity contribution in [3.8, 4) is 0 Å². The van der Waals surface area contributed by atoms with E-state index in [0.29, 0.717) is 11.7 Å². The highest BCUT2D eigenvalue weighted by Gasteiger charge is 2.29. The molecule has 0 saturated carbocycles. The van der Waals surface area contributed by atoms with Crippen LogP contribution in [0.3, 0.4) is 0 Å². The predicted molar refractivity (Wildman–Crippen MR) is 119 cm³/mol. The number of hydrogen-bond donors (Lipinski definition) is 2. The summed E-state index contributed by atoms with van der Waals surface area (Å²) in [5.74, 6) is 0.658. The van der Waals surface area contributed by atoms with Crippen molar-refractivity contribution in [3.05, 3.63) is 40.5 Å². The fourth-order valence-electron chi connectivity index (χ4n) is 3.62. The molecule has 1 saturated heterocycles. The number of aryl methyl sites for hydroxylation is 1. The average molecular weight is 447 g/mol. The molecule has 154 valence electrons. The monoisotopic (exact) mass is 446 g/mol. The number of likely N-dealkylation sites (N-methyl/N-ethyl adjacent to an activating group) is 1. The van der Waals surface area contributed by atoms with Crippen LogP contribution < -0.4 is 5.32 Å².